The van der Waals surface area contributed by atoms with Gasteiger partial charge in [0.25, 0.3) is 0 Å². The van der Waals surface area contributed by atoms with E-state index in [1.807, 2.05) is 13.8 Å². The van der Waals surface area contributed by atoms with Gasteiger partial charge in [-0.1, -0.05) is 5.57 Å². The molecule has 52 valence electrons. The van der Waals surface area contributed by atoms with Crippen LogP contribution in [0.3, 0.4) is 0 Å². The van der Waals surface area contributed by atoms with E-state index >= 15 is 0 Å². The van der Waals surface area contributed by atoms with Gasteiger partial charge < -0.3 is 11.1 Å². The summed E-state index contributed by atoms with van der Waals surface area (Å²) in [5.74, 6) is 0. The summed E-state index contributed by atoms with van der Waals surface area (Å²) in [6.07, 6.45) is 0. The van der Waals surface area contributed by atoms with Crippen LogP contribution >= 0.6 is 0 Å². The van der Waals surface area contributed by atoms with Crippen molar-refractivity contribution in [2.75, 3.05) is 0 Å². The van der Waals surface area contributed by atoms with E-state index in [1.165, 1.54) is 0 Å². The summed E-state index contributed by atoms with van der Waals surface area (Å²) in [6, 6.07) is -0.506. The van der Waals surface area contributed by atoms with Crippen LogP contribution in [0.2, 0.25) is 0 Å². The van der Waals surface area contributed by atoms with Crippen molar-refractivity contribution in [3.05, 3.63) is 11.3 Å². The molecule has 3 nitrogen and oxygen atoms in total. The second-order valence-electron chi connectivity index (χ2n) is 2.11. The molecule has 0 saturated carbocycles. The lowest BCUT2D eigenvalue weighted by atomic mass is 10.3. The standard InChI is InChI=1S/C6H12N2O/c1-4(2)5(3)8-6(7)9/h1-3H3,(H3,7,8,9). The number of urea groups is 1. The highest BCUT2D eigenvalue weighted by Crippen LogP contribution is 1.95. The predicted octanol–water partition coefficient (Wildman–Crippen LogP) is 0.969. The zero-order valence-corrected chi connectivity index (χ0v) is 5.99. The van der Waals surface area contributed by atoms with Gasteiger partial charge in [0, 0.05) is 5.70 Å². The molecule has 0 unspecified atom stereocenters. The number of allylic oxidation sites excluding steroid dienone is 2. The molecule has 0 aromatic rings. The Morgan fingerprint density at radius 3 is 1.89 bits per heavy atom. The molecule has 3 heteroatoms. The highest BCUT2D eigenvalue weighted by Gasteiger charge is 1.92. The van der Waals surface area contributed by atoms with Crippen LogP contribution in [0.15, 0.2) is 11.3 Å². The lowest BCUT2D eigenvalue weighted by Crippen LogP contribution is -2.27. The Labute approximate surface area is 54.9 Å². The molecule has 0 bridgehead atoms. The molecule has 0 aliphatic carbocycles. The van der Waals surface area contributed by atoms with Gasteiger partial charge in [0.1, 0.15) is 0 Å². The molecular formula is C6H12N2O. The van der Waals surface area contributed by atoms with Crippen molar-refractivity contribution in [3.63, 3.8) is 0 Å². The number of rotatable bonds is 1. The molecule has 0 atom stereocenters. The van der Waals surface area contributed by atoms with Crippen molar-refractivity contribution >= 4 is 6.03 Å². The summed E-state index contributed by atoms with van der Waals surface area (Å²) in [4.78, 5) is 10.2. The van der Waals surface area contributed by atoms with E-state index in [-0.39, 0.29) is 0 Å². The lowest BCUT2D eigenvalue weighted by molar-refractivity contribution is 0.251. The Hall–Kier alpha value is -0.990. The zero-order chi connectivity index (χ0) is 7.44. The number of hydrogen-bond donors (Lipinski definition) is 2. The summed E-state index contributed by atoms with van der Waals surface area (Å²) in [6.45, 7) is 5.62. The summed E-state index contributed by atoms with van der Waals surface area (Å²) in [5, 5.41) is 2.46. The van der Waals surface area contributed by atoms with Crippen LogP contribution in [0.25, 0.3) is 0 Å². The molecule has 0 aliphatic heterocycles. The maximum absolute atomic E-state index is 10.2. The van der Waals surface area contributed by atoms with E-state index in [4.69, 9.17) is 5.73 Å². The third-order valence-corrected chi connectivity index (χ3v) is 1.06. The number of carbonyl (C=O) groups excluding carboxylic acids is 1. The van der Waals surface area contributed by atoms with Crippen LogP contribution in [-0.2, 0) is 0 Å². The summed E-state index contributed by atoms with van der Waals surface area (Å²) in [5.41, 5.74) is 6.73. The maximum atomic E-state index is 10.2. The fourth-order valence-electron chi connectivity index (χ4n) is 0.310. The Bertz CT molecular complexity index is 145. The first kappa shape index (κ1) is 8.01. The van der Waals surface area contributed by atoms with E-state index in [0.717, 1.165) is 11.3 Å². The molecule has 2 amide bonds. The van der Waals surface area contributed by atoms with Crippen molar-refractivity contribution in [1.29, 1.82) is 0 Å². The van der Waals surface area contributed by atoms with Crippen molar-refractivity contribution in [1.82, 2.24) is 5.32 Å². The largest absolute Gasteiger partial charge is 0.351 e. The topological polar surface area (TPSA) is 55.1 Å². The monoisotopic (exact) mass is 128 g/mol. The average molecular weight is 128 g/mol. The minimum atomic E-state index is -0.506. The van der Waals surface area contributed by atoms with Crippen LogP contribution in [0.5, 0.6) is 0 Å². The molecule has 0 saturated heterocycles. The SMILES string of the molecule is CC(C)=C(C)NC(N)=O. The van der Waals surface area contributed by atoms with Gasteiger partial charge in [-0.3, -0.25) is 0 Å². The van der Waals surface area contributed by atoms with Gasteiger partial charge in [-0.15, -0.1) is 0 Å². The molecule has 9 heavy (non-hydrogen) atoms. The molecular weight excluding hydrogens is 116 g/mol. The van der Waals surface area contributed by atoms with Crippen molar-refractivity contribution in [2.45, 2.75) is 20.8 Å². The second kappa shape index (κ2) is 3.12. The second-order valence-corrected chi connectivity index (χ2v) is 2.11. The molecule has 0 spiro atoms. The first-order valence-electron chi connectivity index (χ1n) is 2.74. The average Bonchev–Trinajstić information content (AvgIpc) is 1.63. The molecule has 3 N–H and O–H groups in total. The molecule has 0 fully saturated rings. The van der Waals surface area contributed by atoms with Crippen molar-refractivity contribution in [3.8, 4) is 0 Å². The van der Waals surface area contributed by atoms with E-state index in [0.29, 0.717) is 0 Å². The first-order valence-corrected chi connectivity index (χ1v) is 2.74. The maximum Gasteiger partial charge on any atom is 0.316 e. The Balaban J connectivity index is 3.92. The molecule has 0 rings (SSSR count). The number of nitrogens with one attached hydrogen (secondary N) is 1. The summed E-state index contributed by atoms with van der Waals surface area (Å²) < 4.78 is 0. The van der Waals surface area contributed by atoms with E-state index in [1.54, 1.807) is 6.92 Å². The summed E-state index contributed by atoms with van der Waals surface area (Å²) >= 11 is 0. The Kier molecular flexibility index (Phi) is 2.78. The highest BCUT2D eigenvalue weighted by molar-refractivity contribution is 5.73. The number of hydrogen-bond acceptors (Lipinski definition) is 1. The minimum Gasteiger partial charge on any atom is -0.351 e. The minimum absolute atomic E-state index is 0.506. The predicted molar refractivity (Wildman–Crippen MR) is 36.8 cm³/mol. The van der Waals surface area contributed by atoms with Crippen LogP contribution in [0.4, 0.5) is 4.79 Å². The number of primary amides is 1. The summed E-state index contributed by atoms with van der Waals surface area (Å²) in [7, 11) is 0. The van der Waals surface area contributed by atoms with E-state index in [2.05, 4.69) is 5.32 Å². The van der Waals surface area contributed by atoms with Gasteiger partial charge in [-0.05, 0) is 20.8 Å². The first-order chi connectivity index (χ1) is 4.04. The fraction of sp³-hybridized carbons (Fsp3) is 0.500. The molecule has 0 heterocycles. The van der Waals surface area contributed by atoms with Gasteiger partial charge in [0.05, 0.1) is 0 Å². The molecule has 0 aromatic heterocycles. The molecule has 0 aliphatic rings. The van der Waals surface area contributed by atoms with Gasteiger partial charge in [-0.25, -0.2) is 4.79 Å². The van der Waals surface area contributed by atoms with Gasteiger partial charge in [-0.2, -0.15) is 0 Å². The lowest BCUT2D eigenvalue weighted by Gasteiger charge is -2.01. The molecule has 0 aromatic carbocycles. The molecule has 0 radical (unpaired) electrons. The fourth-order valence-corrected chi connectivity index (χ4v) is 0.310. The highest BCUT2D eigenvalue weighted by atomic mass is 16.2. The quantitative estimate of drug-likeness (QED) is 0.543. The van der Waals surface area contributed by atoms with Gasteiger partial charge in [0.2, 0.25) is 0 Å². The zero-order valence-electron chi connectivity index (χ0n) is 5.99. The number of carbonyl (C=O) groups is 1. The van der Waals surface area contributed by atoms with E-state index < -0.39 is 6.03 Å². The smallest absolute Gasteiger partial charge is 0.316 e. The Morgan fingerprint density at radius 2 is 1.78 bits per heavy atom. The van der Waals surface area contributed by atoms with Crippen LogP contribution in [-0.4, -0.2) is 6.03 Å². The third-order valence-electron chi connectivity index (χ3n) is 1.06. The van der Waals surface area contributed by atoms with Crippen molar-refractivity contribution < 1.29 is 4.79 Å². The van der Waals surface area contributed by atoms with Crippen LogP contribution in [0.1, 0.15) is 20.8 Å². The Morgan fingerprint density at radius 1 is 1.33 bits per heavy atom. The number of amides is 2. The van der Waals surface area contributed by atoms with Crippen LogP contribution < -0.4 is 11.1 Å². The van der Waals surface area contributed by atoms with Crippen molar-refractivity contribution in [2.24, 2.45) is 5.73 Å². The third kappa shape index (κ3) is 3.58. The normalized spacial score (nSPS) is 8.33. The van der Waals surface area contributed by atoms with Gasteiger partial charge in [0.15, 0.2) is 0 Å². The van der Waals surface area contributed by atoms with Crippen LogP contribution in [0, 0.1) is 0 Å². The number of nitrogens with two attached hydrogens (primary N) is 1. The van der Waals surface area contributed by atoms with Gasteiger partial charge >= 0.3 is 6.03 Å². The van der Waals surface area contributed by atoms with E-state index in [9.17, 15) is 4.79 Å².